The molecular formula is C13H20N4O. The normalized spacial score (nSPS) is 28.0. The molecule has 5 heteroatoms. The second kappa shape index (κ2) is 5.10. The summed E-state index contributed by atoms with van der Waals surface area (Å²) >= 11 is 0. The summed E-state index contributed by atoms with van der Waals surface area (Å²) in [5.74, 6) is 0.0797. The number of piperidine rings is 1. The van der Waals surface area contributed by atoms with Gasteiger partial charge >= 0.3 is 0 Å². The Hall–Kier alpha value is -1.36. The van der Waals surface area contributed by atoms with Crippen molar-refractivity contribution in [2.45, 2.75) is 44.3 Å². The minimum atomic E-state index is 0.0797. The second-order valence-electron chi connectivity index (χ2n) is 5.27. The minimum Gasteiger partial charge on any atom is -0.350 e. The van der Waals surface area contributed by atoms with Crippen molar-refractivity contribution in [2.75, 3.05) is 13.1 Å². The van der Waals surface area contributed by atoms with Crippen molar-refractivity contribution >= 4 is 5.91 Å². The molecule has 98 valence electrons. The average molecular weight is 248 g/mol. The lowest BCUT2D eigenvalue weighted by Gasteiger charge is -2.32. The number of carbonyl (C=O) groups is 1. The average Bonchev–Trinajstić information content (AvgIpc) is 3.00. The van der Waals surface area contributed by atoms with E-state index in [4.69, 9.17) is 0 Å². The van der Waals surface area contributed by atoms with Crippen molar-refractivity contribution in [1.29, 1.82) is 0 Å². The van der Waals surface area contributed by atoms with Crippen LogP contribution in [0.25, 0.3) is 0 Å². The molecule has 3 heterocycles. The van der Waals surface area contributed by atoms with Gasteiger partial charge in [-0.15, -0.1) is 0 Å². The number of nitrogens with zero attached hydrogens (tertiary/aromatic N) is 3. The molecule has 2 fully saturated rings. The van der Waals surface area contributed by atoms with Crippen LogP contribution >= 0.6 is 0 Å². The molecule has 3 rings (SSSR count). The number of rotatable bonds is 3. The maximum atomic E-state index is 12.0. The highest BCUT2D eigenvalue weighted by Crippen LogP contribution is 2.26. The van der Waals surface area contributed by atoms with Crippen LogP contribution < -0.4 is 5.32 Å². The highest BCUT2D eigenvalue weighted by molar-refractivity contribution is 5.76. The van der Waals surface area contributed by atoms with Crippen molar-refractivity contribution in [2.24, 2.45) is 0 Å². The van der Waals surface area contributed by atoms with Gasteiger partial charge in [0.2, 0.25) is 5.91 Å². The van der Waals surface area contributed by atoms with Crippen molar-refractivity contribution in [3.63, 3.8) is 0 Å². The highest BCUT2D eigenvalue weighted by atomic mass is 16.2. The third-order valence-corrected chi connectivity index (χ3v) is 4.07. The Morgan fingerprint density at radius 1 is 1.33 bits per heavy atom. The Kier molecular flexibility index (Phi) is 3.32. The third kappa shape index (κ3) is 2.41. The van der Waals surface area contributed by atoms with E-state index in [-0.39, 0.29) is 5.91 Å². The van der Waals surface area contributed by atoms with Crippen LogP contribution in [0.5, 0.6) is 0 Å². The molecule has 2 aliphatic rings. The Morgan fingerprint density at radius 2 is 2.28 bits per heavy atom. The standard InChI is InChI=1S/C13H20N4O/c18-13(10-17-8-3-6-14-17)15-11-5-9-16-7-2-1-4-12(11)16/h3,6,8,11-12H,1-2,4-5,7,9-10H2,(H,15,18)/t11-,12-/m1/s1. The molecule has 2 saturated heterocycles. The number of amides is 1. The smallest absolute Gasteiger partial charge is 0.242 e. The molecule has 0 unspecified atom stereocenters. The lowest BCUT2D eigenvalue weighted by Crippen LogP contribution is -2.47. The van der Waals surface area contributed by atoms with Gasteiger partial charge in [-0.1, -0.05) is 6.42 Å². The highest BCUT2D eigenvalue weighted by Gasteiger charge is 2.36. The van der Waals surface area contributed by atoms with Gasteiger partial charge in [0.1, 0.15) is 6.54 Å². The van der Waals surface area contributed by atoms with Gasteiger partial charge in [0.25, 0.3) is 0 Å². The van der Waals surface area contributed by atoms with Crippen molar-refractivity contribution in [3.8, 4) is 0 Å². The van der Waals surface area contributed by atoms with E-state index in [9.17, 15) is 4.79 Å². The molecule has 2 atom stereocenters. The van der Waals surface area contributed by atoms with E-state index in [2.05, 4.69) is 15.3 Å². The van der Waals surface area contributed by atoms with Crippen LogP contribution in [0.1, 0.15) is 25.7 Å². The van der Waals surface area contributed by atoms with Gasteiger partial charge in [0.15, 0.2) is 0 Å². The lowest BCUT2D eigenvalue weighted by molar-refractivity contribution is -0.122. The van der Waals surface area contributed by atoms with Crippen LogP contribution in [0.4, 0.5) is 0 Å². The maximum Gasteiger partial charge on any atom is 0.242 e. The minimum absolute atomic E-state index is 0.0797. The Labute approximate surface area is 107 Å². The van der Waals surface area contributed by atoms with E-state index in [0.29, 0.717) is 18.6 Å². The van der Waals surface area contributed by atoms with Gasteiger partial charge in [-0.3, -0.25) is 14.4 Å². The van der Waals surface area contributed by atoms with Crippen molar-refractivity contribution in [3.05, 3.63) is 18.5 Å². The van der Waals surface area contributed by atoms with Gasteiger partial charge in [0.05, 0.1) is 0 Å². The quantitative estimate of drug-likeness (QED) is 0.853. The number of hydrogen-bond donors (Lipinski definition) is 1. The topological polar surface area (TPSA) is 50.2 Å². The van der Waals surface area contributed by atoms with Crippen LogP contribution in [0.3, 0.4) is 0 Å². The van der Waals surface area contributed by atoms with E-state index in [1.54, 1.807) is 10.9 Å². The van der Waals surface area contributed by atoms with E-state index in [1.807, 2.05) is 12.3 Å². The SMILES string of the molecule is O=C(Cn1cccn1)N[C@@H]1CCN2CCCC[C@H]12. The number of aromatic nitrogens is 2. The van der Waals surface area contributed by atoms with Gasteiger partial charge < -0.3 is 5.32 Å². The first-order chi connectivity index (χ1) is 8.83. The molecule has 0 bridgehead atoms. The Morgan fingerprint density at radius 3 is 3.11 bits per heavy atom. The summed E-state index contributed by atoms with van der Waals surface area (Å²) in [7, 11) is 0. The van der Waals surface area contributed by atoms with E-state index >= 15 is 0 Å². The van der Waals surface area contributed by atoms with E-state index in [1.165, 1.54) is 25.8 Å². The summed E-state index contributed by atoms with van der Waals surface area (Å²) in [5, 5.41) is 7.23. The molecule has 1 N–H and O–H groups in total. The first-order valence-electron chi connectivity index (χ1n) is 6.84. The van der Waals surface area contributed by atoms with Gasteiger partial charge in [-0.05, 0) is 31.9 Å². The number of nitrogens with one attached hydrogen (secondary N) is 1. The van der Waals surface area contributed by atoms with Crippen LogP contribution in [0, 0.1) is 0 Å². The first kappa shape index (κ1) is 11.7. The molecule has 2 aliphatic heterocycles. The summed E-state index contributed by atoms with van der Waals surface area (Å²) in [5.41, 5.74) is 0. The number of fused-ring (bicyclic) bond motifs is 1. The van der Waals surface area contributed by atoms with Gasteiger partial charge in [0, 0.05) is 31.0 Å². The largest absolute Gasteiger partial charge is 0.350 e. The molecule has 5 nitrogen and oxygen atoms in total. The maximum absolute atomic E-state index is 12.0. The third-order valence-electron chi connectivity index (χ3n) is 4.07. The van der Waals surface area contributed by atoms with Crippen LogP contribution in [-0.2, 0) is 11.3 Å². The second-order valence-corrected chi connectivity index (χ2v) is 5.27. The first-order valence-corrected chi connectivity index (χ1v) is 6.84. The van der Waals surface area contributed by atoms with Crippen LogP contribution in [-0.4, -0.2) is 45.8 Å². The zero-order valence-corrected chi connectivity index (χ0v) is 10.6. The summed E-state index contributed by atoms with van der Waals surface area (Å²) in [6.07, 6.45) is 8.45. The molecule has 0 spiro atoms. The molecule has 0 aromatic carbocycles. The van der Waals surface area contributed by atoms with Crippen molar-refractivity contribution in [1.82, 2.24) is 20.0 Å². The monoisotopic (exact) mass is 248 g/mol. The fraction of sp³-hybridized carbons (Fsp3) is 0.692. The zero-order chi connectivity index (χ0) is 12.4. The summed E-state index contributed by atoms with van der Waals surface area (Å²) in [4.78, 5) is 14.5. The van der Waals surface area contributed by atoms with E-state index < -0.39 is 0 Å². The molecule has 0 saturated carbocycles. The Balaban J connectivity index is 1.54. The molecular weight excluding hydrogens is 228 g/mol. The molecule has 0 aliphatic carbocycles. The number of hydrogen-bond acceptors (Lipinski definition) is 3. The molecule has 1 amide bonds. The van der Waals surface area contributed by atoms with Gasteiger partial charge in [-0.25, -0.2) is 0 Å². The van der Waals surface area contributed by atoms with Crippen LogP contribution in [0.2, 0.25) is 0 Å². The zero-order valence-electron chi connectivity index (χ0n) is 10.6. The molecule has 18 heavy (non-hydrogen) atoms. The Bertz CT molecular complexity index is 403. The van der Waals surface area contributed by atoms with Gasteiger partial charge in [-0.2, -0.15) is 5.10 Å². The van der Waals surface area contributed by atoms with Crippen molar-refractivity contribution < 1.29 is 4.79 Å². The number of carbonyl (C=O) groups excluding carboxylic acids is 1. The summed E-state index contributed by atoms with van der Waals surface area (Å²) in [6, 6.07) is 2.75. The van der Waals surface area contributed by atoms with E-state index in [0.717, 1.165) is 13.0 Å². The predicted molar refractivity (Wildman–Crippen MR) is 68.0 cm³/mol. The fourth-order valence-corrected chi connectivity index (χ4v) is 3.21. The molecule has 0 radical (unpaired) electrons. The predicted octanol–water partition coefficient (Wildman–Crippen LogP) is 0.626. The lowest BCUT2D eigenvalue weighted by atomic mass is 9.99. The fourth-order valence-electron chi connectivity index (χ4n) is 3.21. The van der Waals surface area contributed by atoms with Crippen LogP contribution in [0.15, 0.2) is 18.5 Å². The molecule has 1 aromatic heterocycles. The summed E-state index contributed by atoms with van der Waals surface area (Å²) < 4.78 is 1.67. The molecule has 1 aromatic rings. The summed E-state index contributed by atoms with van der Waals surface area (Å²) in [6.45, 7) is 2.67.